The van der Waals surface area contributed by atoms with E-state index < -0.39 is 11.9 Å². The number of fused-ring (bicyclic) bond motifs is 1. The molecular weight excluding hydrogens is 531 g/mol. The normalized spacial score (nSPS) is 12.6. The van der Waals surface area contributed by atoms with Gasteiger partial charge in [-0.3, -0.25) is 4.68 Å². The van der Waals surface area contributed by atoms with Crippen LogP contribution in [0.25, 0.3) is 11.0 Å². The second-order valence-corrected chi connectivity index (χ2v) is 9.48. The number of ether oxygens (including phenoxy) is 1. The van der Waals surface area contributed by atoms with Crippen molar-refractivity contribution in [2.45, 2.75) is 32.0 Å². The smallest absolute Gasteiger partial charge is 0.433 e. The summed E-state index contributed by atoms with van der Waals surface area (Å²) in [4.78, 5) is 12.8. The number of hydrogen-bond acceptors (Lipinski definition) is 6. The molecule has 0 spiro atoms. The monoisotopic (exact) mass is 555 g/mol. The fraction of sp³-hybridized carbons (Fsp3) is 0.259. The maximum Gasteiger partial charge on any atom is 0.433 e. The summed E-state index contributed by atoms with van der Waals surface area (Å²) in [5, 5.41) is 7.84. The first-order valence-electron chi connectivity index (χ1n) is 12.2. The molecule has 3 heterocycles. The van der Waals surface area contributed by atoms with E-state index in [0.29, 0.717) is 28.4 Å². The third-order valence-corrected chi connectivity index (χ3v) is 6.56. The Kier molecular flexibility index (Phi) is 7.17. The highest BCUT2D eigenvalue weighted by Gasteiger charge is 2.34. The molecule has 1 N–H and O–H groups in total. The summed E-state index contributed by atoms with van der Waals surface area (Å²) in [6.07, 6.45) is -0.481. The van der Waals surface area contributed by atoms with Gasteiger partial charge in [-0.2, -0.15) is 18.3 Å². The van der Waals surface area contributed by atoms with Crippen LogP contribution in [0.4, 0.5) is 19.1 Å². The predicted molar refractivity (Wildman–Crippen MR) is 142 cm³/mol. The number of imidazole rings is 1. The Hall–Kier alpha value is -4.12. The van der Waals surface area contributed by atoms with Crippen molar-refractivity contribution in [3.63, 3.8) is 0 Å². The van der Waals surface area contributed by atoms with Gasteiger partial charge in [0.1, 0.15) is 16.6 Å². The summed E-state index contributed by atoms with van der Waals surface area (Å²) in [7, 11) is 3.20. The van der Waals surface area contributed by atoms with Crippen molar-refractivity contribution >= 4 is 28.6 Å². The van der Waals surface area contributed by atoms with E-state index in [9.17, 15) is 13.2 Å². The first-order chi connectivity index (χ1) is 18.6. The number of aryl methyl sites for hydroxylation is 2. The largest absolute Gasteiger partial charge is 0.438 e. The van der Waals surface area contributed by atoms with Crippen molar-refractivity contribution in [1.29, 1.82) is 0 Å². The zero-order valence-electron chi connectivity index (χ0n) is 21.4. The molecule has 202 valence electrons. The number of alkyl halides is 3. The molecule has 0 aliphatic rings. The van der Waals surface area contributed by atoms with Gasteiger partial charge in [0.25, 0.3) is 0 Å². The van der Waals surface area contributed by atoms with Crippen LogP contribution in [-0.2, 0) is 26.7 Å². The van der Waals surface area contributed by atoms with E-state index in [-0.39, 0.29) is 12.5 Å². The van der Waals surface area contributed by atoms with E-state index in [1.165, 1.54) is 19.4 Å². The number of benzene rings is 2. The van der Waals surface area contributed by atoms with Gasteiger partial charge in [-0.15, -0.1) is 0 Å². The number of hydrogen-bond donors (Lipinski definition) is 1. The predicted octanol–water partition coefficient (Wildman–Crippen LogP) is 6.72. The number of aromatic nitrogens is 6. The van der Waals surface area contributed by atoms with E-state index >= 15 is 0 Å². The van der Waals surface area contributed by atoms with Gasteiger partial charge in [0.05, 0.1) is 35.2 Å². The van der Waals surface area contributed by atoms with E-state index in [1.54, 1.807) is 0 Å². The zero-order valence-corrected chi connectivity index (χ0v) is 22.1. The maximum absolute atomic E-state index is 13.1. The summed E-state index contributed by atoms with van der Waals surface area (Å²) >= 11 is 5.77. The van der Waals surface area contributed by atoms with Crippen LogP contribution < -0.4 is 10.1 Å². The third-order valence-electron chi connectivity index (χ3n) is 6.36. The Morgan fingerprint density at radius 2 is 1.79 bits per heavy atom. The van der Waals surface area contributed by atoms with Crippen molar-refractivity contribution in [2.75, 3.05) is 5.32 Å². The molecule has 5 aromatic rings. The molecule has 0 fully saturated rings. The van der Waals surface area contributed by atoms with Crippen molar-refractivity contribution < 1.29 is 17.9 Å². The van der Waals surface area contributed by atoms with Gasteiger partial charge in [-0.05, 0) is 47.9 Å². The quantitative estimate of drug-likeness (QED) is 0.229. The van der Waals surface area contributed by atoms with Gasteiger partial charge < -0.3 is 14.6 Å². The van der Waals surface area contributed by atoms with Gasteiger partial charge in [0.2, 0.25) is 11.8 Å². The van der Waals surface area contributed by atoms with Crippen LogP contribution in [0.3, 0.4) is 0 Å². The average Bonchev–Trinajstić information content (AvgIpc) is 3.43. The molecule has 0 radical (unpaired) electrons. The van der Waals surface area contributed by atoms with Crippen LogP contribution in [0.1, 0.15) is 41.9 Å². The summed E-state index contributed by atoms with van der Waals surface area (Å²) in [6.45, 7) is 2.08. The molecule has 0 saturated heterocycles. The summed E-state index contributed by atoms with van der Waals surface area (Å²) < 4.78 is 48.0. The lowest BCUT2D eigenvalue weighted by Gasteiger charge is -2.18. The number of rotatable bonds is 8. The van der Waals surface area contributed by atoms with Gasteiger partial charge in [0.15, 0.2) is 0 Å². The van der Waals surface area contributed by atoms with Crippen LogP contribution in [0, 0.1) is 0 Å². The molecule has 39 heavy (non-hydrogen) atoms. The Morgan fingerprint density at radius 1 is 1.03 bits per heavy atom. The summed E-state index contributed by atoms with van der Waals surface area (Å²) in [5.41, 5.74) is 3.13. The number of nitrogens with one attached hydrogen (secondary N) is 1. The molecule has 0 amide bonds. The van der Waals surface area contributed by atoms with Gasteiger partial charge >= 0.3 is 6.18 Å². The molecule has 0 aliphatic carbocycles. The minimum absolute atomic E-state index is 0.0151. The summed E-state index contributed by atoms with van der Waals surface area (Å²) in [5.74, 6) is 1.65. The summed E-state index contributed by atoms with van der Waals surface area (Å²) in [6, 6.07) is 14.4. The maximum atomic E-state index is 13.1. The van der Waals surface area contributed by atoms with Crippen molar-refractivity contribution in [3.05, 3.63) is 88.6 Å². The number of nitrogens with zero attached hydrogens (tertiary/aromatic N) is 6. The second-order valence-electron chi connectivity index (χ2n) is 9.09. The van der Waals surface area contributed by atoms with E-state index in [2.05, 4.69) is 27.3 Å². The topological polar surface area (TPSA) is 82.7 Å². The van der Waals surface area contributed by atoms with E-state index in [4.69, 9.17) is 21.3 Å². The lowest BCUT2D eigenvalue weighted by molar-refractivity contribution is -0.143. The Balaban J connectivity index is 1.31. The Labute approximate surface area is 227 Å². The third kappa shape index (κ3) is 5.83. The fourth-order valence-corrected chi connectivity index (χ4v) is 4.48. The van der Waals surface area contributed by atoms with Crippen LogP contribution in [0.15, 0.2) is 60.9 Å². The second kappa shape index (κ2) is 10.6. The Morgan fingerprint density at radius 3 is 2.44 bits per heavy atom. The van der Waals surface area contributed by atoms with Crippen LogP contribution in [0.5, 0.6) is 11.6 Å². The van der Waals surface area contributed by atoms with E-state index in [1.807, 2.05) is 54.1 Å². The lowest BCUT2D eigenvalue weighted by Crippen LogP contribution is -2.12. The molecule has 1 atom stereocenters. The first-order valence-corrected chi connectivity index (χ1v) is 12.6. The molecule has 8 nitrogen and oxygen atoms in total. The molecular formula is C27H25ClF3N7O. The lowest BCUT2D eigenvalue weighted by atomic mass is 10.0. The molecule has 2 aromatic carbocycles. The van der Waals surface area contributed by atoms with Crippen molar-refractivity contribution in [2.24, 2.45) is 14.1 Å². The van der Waals surface area contributed by atoms with Gasteiger partial charge in [-0.25, -0.2) is 15.0 Å². The average molecular weight is 556 g/mol. The molecule has 0 bridgehead atoms. The molecule has 1 unspecified atom stereocenters. The Bertz CT molecular complexity index is 1600. The minimum atomic E-state index is -4.44. The van der Waals surface area contributed by atoms with E-state index in [0.717, 1.165) is 39.3 Å². The fourth-order valence-electron chi connectivity index (χ4n) is 4.38. The van der Waals surface area contributed by atoms with Crippen molar-refractivity contribution in [1.82, 2.24) is 29.3 Å². The first kappa shape index (κ1) is 26.5. The molecule has 12 heteroatoms. The van der Waals surface area contributed by atoms with Crippen LogP contribution in [0.2, 0.25) is 5.15 Å². The SMILES string of the molecule is CCC(Nc1nc2ccc(Cc3cc(C(F)(F)F)n(C)n3)cc2n1C)c1ccc(Oc2cnc(Cl)cn2)cc1. The number of anilines is 1. The molecule has 5 rings (SSSR count). The zero-order chi connectivity index (χ0) is 27.7. The molecule has 0 aliphatic heterocycles. The standard InChI is InChI=1S/C27H25ClF3N7O/c1-4-20(17-6-8-19(9-7-17)39-25-15-32-24(28)14-33-25)34-26-35-21-10-5-16(12-22(21)37(26)2)11-18-13-23(27(29,30)31)38(3)36-18/h5-10,12-15,20H,4,11H2,1-3H3,(H,34,35). The van der Waals surface area contributed by atoms with Crippen LogP contribution in [-0.4, -0.2) is 29.3 Å². The van der Waals surface area contributed by atoms with Crippen molar-refractivity contribution in [3.8, 4) is 11.6 Å². The molecule has 0 saturated carbocycles. The highest BCUT2D eigenvalue weighted by Crippen LogP contribution is 2.31. The highest BCUT2D eigenvalue weighted by atomic mass is 35.5. The number of halogens is 4. The van der Waals surface area contributed by atoms with Crippen LogP contribution >= 0.6 is 11.6 Å². The van der Waals surface area contributed by atoms with Gasteiger partial charge in [-0.1, -0.05) is 36.7 Å². The van der Waals surface area contributed by atoms with Gasteiger partial charge in [0, 0.05) is 20.5 Å². The highest BCUT2D eigenvalue weighted by molar-refractivity contribution is 6.29. The molecule has 3 aromatic heterocycles. The minimum Gasteiger partial charge on any atom is -0.438 e.